The van der Waals surface area contributed by atoms with Crippen molar-refractivity contribution in [1.29, 1.82) is 0 Å². The van der Waals surface area contributed by atoms with Gasteiger partial charge in [-0.15, -0.1) is 0 Å². The number of likely N-dealkylation sites (tertiary alicyclic amines) is 1. The van der Waals surface area contributed by atoms with Crippen molar-refractivity contribution in [3.63, 3.8) is 0 Å². The Morgan fingerprint density at radius 1 is 1.02 bits per heavy atom. The zero-order valence-corrected chi connectivity index (χ0v) is 27.9. The first-order valence-corrected chi connectivity index (χ1v) is 15.9. The maximum atomic E-state index is 13.3. The van der Waals surface area contributed by atoms with Gasteiger partial charge in [-0.2, -0.15) is 13.2 Å². The molecule has 0 bridgehead atoms. The summed E-state index contributed by atoms with van der Waals surface area (Å²) in [7, 11) is 0. The molecule has 0 saturated carbocycles. The Balaban J connectivity index is 0.00000161. The van der Waals surface area contributed by atoms with Crippen LogP contribution in [0.1, 0.15) is 69.2 Å². The van der Waals surface area contributed by atoms with E-state index in [0.717, 1.165) is 6.08 Å². The van der Waals surface area contributed by atoms with E-state index in [1.54, 1.807) is 37.3 Å². The van der Waals surface area contributed by atoms with Gasteiger partial charge in [0.1, 0.15) is 18.1 Å². The standard InChI is InChI=1S/C30H44N6O7.C2HF3O2/c1-3-43-26(38)17-15-22(14-16-25(32)37)34-28(40)23(12-7-8-18-31)35-27(39)20(2)33-29(41)24-13-9-19-36(24)30(42)21-10-5-4-6-11-21;3-2(4,5)1(6)7/h4-6,10-11,15,17,20,22-24H,3,7-9,12-14,16,18-19,31H2,1-2H3,(H2,32,37)(H,33,41)(H,34,40)(H,35,39);(H,6,7)/b17-15+;/t20-,22-,23-,24-;/m0./s1. The Morgan fingerprint density at radius 3 is 2.22 bits per heavy atom. The number of alkyl halides is 3. The first kappa shape index (κ1) is 43.0. The molecule has 50 heavy (non-hydrogen) atoms. The largest absolute Gasteiger partial charge is 0.490 e. The van der Waals surface area contributed by atoms with E-state index in [9.17, 15) is 41.9 Å². The second-order valence-electron chi connectivity index (χ2n) is 11.1. The predicted octanol–water partition coefficient (Wildman–Crippen LogP) is 0.913. The van der Waals surface area contributed by atoms with Crippen LogP contribution in [-0.2, 0) is 33.5 Å². The molecule has 15 nitrogen and oxygen atoms in total. The molecule has 0 unspecified atom stereocenters. The molecule has 1 aromatic carbocycles. The Labute approximate surface area is 287 Å². The van der Waals surface area contributed by atoms with Crippen LogP contribution in [0.4, 0.5) is 13.2 Å². The minimum Gasteiger partial charge on any atom is -0.475 e. The number of rotatable bonds is 17. The van der Waals surface area contributed by atoms with Crippen molar-refractivity contribution >= 4 is 41.5 Å². The maximum Gasteiger partial charge on any atom is 0.490 e. The third-order valence-corrected chi connectivity index (χ3v) is 7.19. The van der Waals surface area contributed by atoms with E-state index in [1.807, 2.05) is 0 Å². The molecule has 0 spiro atoms. The monoisotopic (exact) mass is 714 g/mol. The minimum absolute atomic E-state index is 0.0453. The average Bonchev–Trinajstić information content (AvgIpc) is 3.56. The van der Waals surface area contributed by atoms with Gasteiger partial charge in [-0.1, -0.05) is 24.3 Å². The number of aliphatic carboxylic acids is 1. The van der Waals surface area contributed by atoms with Gasteiger partial charge in [-0.05, 0) is 71.0 Å². The van der Waals surface area contributed by atoms with Crippen LogP contribution in [0.3, 0.4) is 0 Å². The highest BCUT2D eigenvalue weighted by molar-refractivity contribution is 5.99. The molecule has 1 fully saturated rings. The van der Waals surface area contributed by atoms with Gasteiger partial charge >= 0.3 is 18.1 Å². The van der Waals surface area contributed by atoms with Gasteiger partial charge in [0.15, 0.2) is 0 Å². The number of amides is 5. The van der Waals surface area contributed by atoms with Gasteiger partial charge in [-0.3, -0.25) is 24.0 Å². The summed E-state index contributed by atoms with van der Waals surface area (Å²) < 4.78 is 36.6. The van der Waals surface area contributed by atoms with Crippen LogP contribution in [0.15, 0.2) is 42.5 Å². The quantitative estimate of drug-likeness (QED) is 0.0757. The number of carboxylic acids is 1. The fraction of sp³-hybridized carbons (Fsp3) is 0.531. The number of nitrogens with zero attached hydrogens (tertiary/aromatic N) is 1. The van der Waals surface area contributed by atoms with Gasteiger partial charge in [-0.25, -0.2) is 9.59 Å². The summed E-state index contributed by atoms with van der Waals surface area (Å²) in [5, 5.41) is 15.2. The number of primary amides is 1. The van der Waals surface area contributed by atoms with E-state index in [-0.39, 0.29) is 31.8 Å². The number of carboxylic acid groups (broad SMARTS) is 1. The number of nitrogens with two attached hydrogens (primary N) is 2. The van der Waals surface area contributed by atoms with Crippen LogP contribution in [0, 0.1) is 0 Å². The van der Waals surface area contributed by atoms with Crippen LogP contribution >= 0.6 is 0 Å². The van der Waals surface area contributed by atoms with Gasteiger partial charge in [0.05, 0.1) is 6.61 Å². The van der Waals surface area contributed by atoms with Crippen molar-refractivity contribution in [3.8, 4) is 0 Å². The minimum atomic E-state index is -5.08. The highest BCUT2D eigenvalue weighted by Crippen LogP contribution is 2.20. The number of carbonyl (C=O) groups excluding carboxylic acids is 6. The Morgan fingerprint density at radius 2 is 1.66 bits per heavy atom. The third-order valence-electron chi connectivity index (χ3n) is 7.19. The van der Waals surface area contributed by atoms with Crippen molar-refractivity contribution in [2.45, 2.75) is 89.1 Å². The summed E-state index contributed by atoms with van der Waals surface area (Å²) in [6.07, 6.45) is 0.113. The van der Waals surface area contributed by atoms with Crippen LogP contribution in [0.2, 0.25) is 0 Å². The SMILES string of the molecule is CCOC(=O)/C=C/[C@H](CCC(N)=O)NC(=O)[C@H](CCCCN)NC(=O)[C@H](C)NC(=O)[C@@H]1CCCN1C(=O)c1ccccc1.O=C(O)C(F)(F)F. The summed E-state index contributed by atoms with van der Waals surface area (Å²) in [4.78, 5) is 86.0. The fourth-order valence-electron chi connectivity index (χ4n) is 4.65. The predicted molar refractivity (Wildman–Crippen MR) is 173 cm³/mol. The summed E-state index contributed by atoms with van der Waals surface area (Å²) in [5.41, 5.74) is 11.3. The van der Waals surface area contributed by atoms with Crippen molar-refractivity contribution in [2.75, 3.05) is 19.7 Å². The van der Waals surface area contributed by atoms with E-state index in [1.165, 1.54) is 17.9 Å². The normalized spacial score (nSPS) is 15.9. The number of carbonyl (C=O) groups is 7. The summed E-state index contributed by atoms with van der Waals surface area (Å²) in [5.74, 6) is -5.78. The van der Waals surface area contributed by atoms with Crippen LogP contribution in [-0.4, -0.2) is 102 Å². The number of benzene rings is 1. The fourth-order valence-corrected chi connectivity index (χ4v) is 4.65. The molecule has 1 aliphatic heterocycles. The van der Waals surface area contributed by atoms with E-state index in [2.05, 4.69) is 16.0 Å². The number of nitrogens with one attached hydrogen (secondary N) is 3. The molecule has 1 heterocycles. The molecule has 1 saturated heterocycles. The first-order valence-electron chi connectivity index (χ1n) is 15.9. The lowest BCUT2D eigenvalue weighted by Crippen LogP contribution is -2.56. The lowest BCUT2D eigenvalue weighted by molar-refractivity contribution is -0.192. The lowest BCUT2D eigenvalue weighted by Gasteiger charge is -2.26. The number of hydrogen-bond donors (Lipinski definition) is 6. The second-order valence-corrected chi connectivity index (χ2v) is 11.1. The Hall–Kier alpha value is -5.00. The molecule has 278 valence electrons. The molecule has 1 aliphatic rings. The first-order chi connectivity index (χ1) is 23.5. The number of unbranched alkanes of at least 4 members (excludes halogenated alkanes) is 1. The number of hydrogen-bond acceptors (Lipinski definition) is 9. The molecule has 5 amide bonds. The highest BCUT2D eigenvalue weighted by Gasteiger charge is 2.38. The van der Waals surface area contributed by atoms with Gasteiger partial charge < -0.3 is 42.2 Å². The van der Waals surface area contributed by atoms with Gasteiger partial charge in [0, 0.05) is 30.6 Å². The molecule has 0 radical (unpaired) electrons. The van der Waals surface area contributed by atoms with Crippen molar-refractivity contribution in [3.05, 3.63) is 48.0 Å². The van der Waals surface area contributed by atoms with Crippen molar-refractivity contribution in [2.24, 2.45) is 11.5 Å². The zero-order valence-electron chi connectivity index (χ0n) is 27.9. The number of ether oxygens (including phenoxy) is 1. The average molecular weight is 715 g/mol. The highest BCUT2D eigenvalue weighted by atomic mass is 19.4. The number of halogens is 3. The molecule has 4 atom stereocenters. The molecule has 2 rings (SSSR count). The van der Waals surface area contributed by atoms with E-state index >= 15 is 0 Å². The van der Waals surface area contributed by atoms with Gasteiger partial charge in [0.2, 0.25) is 23.6 Å². The summed E-state index contributed by atoms with van der Waals surface area (Å²) >= 11 is 0. The summed E-state index contributed by atoms with van der Waals surface area (Å²) in [6, 6.07) is 5.25. The van der Waals surface area contributed by atoms with E-state index < -0.39 is 65.9 Å². The smallest absolute Gasteiger partial charge is 0.475 e. The third kappa shape index (κ3) is 15.9. The van der Waals surface area contributed by atoms with Crippen molar-refractivity contribution < 1.29 is 56.6 Å². The van der Waals surface area contributed by atoms with Crippen molar-refractivity contribution in [1.82, 2.24) is 20.9 Å². The molecule has 0 aliphatic carbocycles. The molecule has 0 aromatic heterocycles. The summed E-state index contributed by atoms with van der Waals surface area (Å²) in [6.45, 7) is 4.16. The second kappa shape index (κ2) is 21.9. The lowest BCUT2D eigenvalue weighted by atomic mass is 10.1. The number of esters is 1. The molecule has 8 N–H and O–H groups in total. The van der Waals surface area contributed by atoms with Crippen LogP contribution in [0.25, 0.3) is 0 Å². The topological polar surface area (TPSA) is 240 Å². The van der Waals surface area contributed by atoms with Gasteiger partial charge in [0.25, 0.3) is 5.91 Å². The Bertz CT molecular complexity index is 1340. The van der Waals surface area contributed by atoms with E-state index in [4.69, 9.17) is 26.1 Å². The van der Waals surface area contributed by atoms with Crippen LogP contribution in [0.5, 0.6) is 0 Å². The van der Waals surface area contributed by atoms with E-state index in [0.29, 0.717) is 44.3 Å². The Kier molecular flexibility index (Phi) is 18.8. The zero-order chi connectivity index (χ0) is 37.9. The molecular formula is C32H45F3N6O9. The molecule has 1 aromatic rings. The maximum absolute atomic E-state index is 13.3. The molecular weight excluding hydrogens is 669 g/mol. The molecule has 18 heteroatoms. The van der Waals surface area contributed by atoms with Crippen LogP contribution < -0.4 is 27.4 Å².